The van der Waals surface area contributed by atoms with Crippen molar-refractivity contribution >= 4 is 17.4 Å². The Balaban J connectivity index is 1.67. The zero-order chi connectivity index (χ0) is 13.9. The number of hydrogen-bond donors (Lipinski definition) is 3. The highest BCUT2D eigenvalue weighted by atomic mass is 16.2. The van der Waals surface area contributed by atoms with Crippen LogP contribution in [0.4, 0.5) is 16.2 Å². The number of piperidine rings is 1. The standard InChI is InChI=1S/C15H22N4O/c16-15(20)18-12-5-3-4-11(10-12)17-13-7-9-19-8-2-1-6-14(13)19/h3-5,10,13-14,17H,1-2,6-9H2,(H3,16,18,20). The van der Waals surface area contributed by atoms with E-state index in [2.05, 4.69) is 15.5 Å². The molecule has 108 valence electrons. The number of amides is 2. The summed E-state index contributed by atoms with van der Waals surface area (Å²) in [5.41, 5.74) is 6.94. The lowest BCUT2D eigenvalue weighted by molar-refractivity contribution is 0.193. The lowest BCUT2D eigenvalue weighted by Crippen LogP contribution is -2.41. The van der Waals surface area contributed by atoms with E-state index in [9.17, 15) is 4.79 Å². The van der Waals surface area contributed by atoms with Crippen LogP contribution < -0.4 is 16.4 Å². The van der Waals surface area contributed by atoms with Gasteiger partial charge in [-0.15, -0.1) is 0 Å². The van der Waals surface area contributed by atoms with E-state index in [4.69, 9.17) is 5.73 Å². The molecular weight excluding hydrogens is 252 g/mol. The minimum Gasteiger partial charge on any atom is -0.381 e. The van der Waals surface area contributed by atoms with Gasteiger partial charge in [0.2, 0.25) is 0 Å². The van der Waals surface area contributed by atoms with Crippen molar-refractivity contribution in [1.29, 1.82) is 0 Å². The maximum atomic E-state index is 10.9. The van der Waals surface area contributed by atoms with Crippen LogP contribution in [0.5, 0.6) is 0 Å². The second kappa shape index (κ2) is 5.71. The summed E-state index contributed by atoms with van der Waals surface area (Å²) in [6, 6.07) is 8.41. The molecular formula is C15H22N4O. The molecule has 2 heterocycles. The molecule has 0 saturated carbocycles. The molecule has 2 fully saturated rings. The zero-order valence-electron chi connectivity index (χ0n) is 11.6. The van der Waals surface area contributed by atoms with Crippen molar-refractivity contribution in [2.24, 2.45) is 5.73 Å². The van der Waals surface area contributed by atoms with Crippen LogP contribution in [0.15, 0.2) is 24.3 Å². The van der Waals surface area contributed by atoms with Gasteiger partial charge >= 0.3 is 6.03 Å². The quantitative estimate of drug-likeness (QED) is 0.791. The van der Waals surface area contributed by atoms with Crippen molar-refractivity contribution in [2.45, 2.75) is 37.8 Å². The number of fused-ring (bicyclic) bond motifs is 1. The topological polar surface area (TPSA) is 70.4 Å². The highest BCUT2D eigenvalue weighted by Gasteiger charge is 2.35. The summed E-state index contributed by atoms with van der Waals surface area (Å²) in [5, 5.41) is 6.23. The van der Waals surface area contributed by atoms with Crippen LogP contribution >= 0.6 is 0 Å². The second-order valence-electron chi connectivity index (χ2n) is 5.71. The lowest BCUT2D eigenvalue weighted by Gasteiger charge is -2.33. The molecule has 0 bridgehead atoms. The van der Waals surface area contributed by atoms with Gasteiger partial charge < -0.3 is 16.4 Å². The molecule has 5 heteroatoms. The highest BCUT2D eigenvalue weighted by Crippen LogP contribution is 2.29. The number of urea groups is 1. The smallest absolute Gasteiger partial charge is 0.316 e. The summed E-state index contributed by atoms with van der Waals surface area (Å²) in [6.07, 6.45) is 5.15. The second-order valence-corrected chi connectivity index (χ2v) is 5.71. The van der Waals surface area contributed by atoms with Gasteiger partial charge in [0.25, 0.3) is 0 Å². The van der Waals surface area contributed by atoms with E-state index in [1.807, 2.05) is 24.3 Å². The Bertz CT molecular complexity index is 491. The maximum absolute atomic E-state index is 10.9. The van der Waals surface area contributed by atoms with E-state index < -0.39 is 6.03 Å². The van der Waals surface area contributed by atoms with E-state index in [0.29, 0.717) is 12.1 Å². The van der Waals surface area contributed by atoms with Crippen LogP contribution in [0, 0.1) is 0 Å². The average molecular weight is 274 g/mol. The summed E-state index contributed by atoms with van der Waals surface area (Å²) in [4.78, 5) is 13.5. The van der Waals surface area contributed by atoms with Crippen molar-refractivity contribution in [3.8, 4) is 0 Å². The fraction of sp³-hybridized carbons (Fsp3) is 0.533. The van der Waals surface area contributed by atoms with Crippen LogP contribution in [-0.4, -0.2) is 36.1 Å². The van der Waals surface area contributed by atoms with Gasteiger partial charge in [-0.25, -0.2) is 4.79 Å². The van der Waals surface area contributed by atoms with Crippen molar-refractivity contribution < 1.29 is 4.79 Å². The number of rotatable bonds is 3. The fourth-order valence-corrected chi connectivity index (χ4v) is 3.46. The molecule has 3 rings (SSSR count). The van der Waals surface area contributed by atoms with Crippen molar-refractivity contribution in [3.63, 3.8) is 0 Å². The van der Waals surface area contributed by atoms with Gasteiger partial charge in [0.05, 0.1) is 0 Å². The van der Waals surface area contributed by atoms with Gasteiger partial charge in [0, 0.05) is 30.0 Å². The molecule has 0 radical (unpaired) electrons. The van der Waals surface area contributed by atoms with E-state index >= 15 is 0 Å². The predicted octanol–water partition coefficient (Wildman–Crippen LogP) is 2.22. The van der Waals surface area contributed by atoms with E-state index in [-0.39, 0.29) is 0 Å². The van der Waals surface area contributed by atoms with Crippen LogP contribution in [0.3, 0.4) is 0 Å². The number of carbonyl (C=O) groups is 1. The van der Waals surface area contributed by atoms with Gasteiger partial charge in [-0.05, 0) is 44.0 Å². The molecule has 2 saturated heterocycles. The molecule has 0 spiro atoms. The van der Waals surface area contributed by atoms with Crippen LogP contribution in [0.25, 0.3) is 0 Å². The highest BCUT2D eigenvalue weighted by molar-refractivity contribution is 5.88. The largest absolute Gasteiger partial charge is 0.381 e. The molecule has 1 aromatic rings. The van der Waals surface area contributed by atoms with Gasteiger partial charge in [0.1, 0.15) is 0 Å². The lowest BCUT2D eigenvalue weighted by atomic mass is 9.99. The van der Waals surface area contributed by atoms with Crippen LogP contribution in [-0.2, 0) is 0 Å². The van der Waals surface area contributed by atoms with Gasteiger partial charge in [-0.1, -0.05) is 12.5 Å². The number of nitrogens with two attached hydrogens (primary N) is 1. The fourth-order valence-electron chi connectivity index (χ4n) is 3.46. The summed E-state index contributed by atoms with van der Waals surface area (Å²) in [7, 11) is 0. The Kier molecular flexibility index (Phi) is 3.78. The minimum atomic E-state index is -0.526. The number of hydrogen-bond acceptors (Lipinski definition) is 3. The van der Waals surface area contributed by atoms with Gasteiger partial charge in [-0.2, -0.15) is 0 Å². The van der Waals surface area contributed by atoms with E-state index in [0.717, 1.165) is 11.4 Å². The third kappa shape index (κ3) is 2.88. The molecule has 4 N–H and O–H groups in total. The Morgan fingerprint density at radius 2 is 2.05 bits per heavy atom. The Labute approximate surface area is 119 Å². The van der Waals surface area contributed by atoms with E-state index in [1.165, 1.54) is 38.8 Å². The summed E-state index contributed by atoms with van der Waals surface area (Å²) in [5.74, 6) is 0. The number of nitrogens with zero attached hydrogens (tertiary/aromatic N) is 1. The van der Waals surface area contributed by atoms with Crippen molar-refractivity contribution in [3.05, 3.63) is 24.3 Å². The molecule has 5 nitrogen and oxygen atoms in total. The number of primary amides is 1. The van der Waals surface area contributed by atoms with E-state index in [1.54, 1.807) is 0 Å². The number of benzene rings is 1. The first kappa shape index (κ1) is 13.2. The molecule has 2 unspecified atom stereocenters. The van der Waals surface area contributed by atoms with Crippen LogP contribution in [0.1, 0.15) is 25.7 Å². The molecule has 2 amide bonds. The predicted molar refractivity (Wildman–Crippen MR) is 80.9 cm³/mol. The number of carbonyl (C=O) groups excluding carboxylic acids is 1. The molecule has 2 atom stereocenters. The SMILES string of the molecule is NC(=O)Nc1cccc(NC2CCN3CCCCC23)c1. The third-order valence-corrected chi connectivity index (χ3v) is 4.34. The maximum Gasteiger partial charge on any atom is 0.316 e. The zero-order valence-corrected chi connectivity index (χ0v) is 11.6. The van der Waals surface area contributed by atoms with Gasteiger partial charge in [-0.3, -0.25) is 4.90 Å². The first-order valence-corrected chi connectivity index (χ1v) is 7.39. The summed E-state index contributed by atoms with van der Waals surface area (Å²) < 4.78 is 0. The molecule has 1 aromatic carbocycles. The number of anilines is 2. The Morgan fingerprint density at radius 3 is 2.90 bits per heavy atom. The first-order chi connectivity index (χ1) is 9.72. The third-order valence-electron chi connectivity index (χ3n) is 4.34. The van der Waals surface area contributed by atoms with Crippen molar-refractivity contribution in [1.82, 2.24) is 4.90 Å². The minimum absolute atomic E-state index is 0.513. The summed E-state index contributed by atoms with van der Waals surface area (Å²) >= 11 is 0. The molecule has 0 aliphatic carbocycles. The Hall–Kier alpha value is -1.75. The molecule has 2 aliphatic rings. The Morgan fingerprint density at radius 1 is 1.20 bits per heavy atom. The van der Waals surface area contributed by atoms with Crippen LogP contribution in [0.2, 0.25) is 0 Å². The molecule has 20 heavy (non-hydrogen) atoms. The normalized spacial score (nSPS) is 26.0. The summed E-state index contributed by atoms with van der Waals surface area (Å²) in [6.45, 7) is 2.44. The van der Waals surface area contributed by atoms with Crippen molar-refractivity contribution in [2.75, 3.05) is 23.7 Å². The number of nitrogens with one attached hydrogen (secondary N) is 2. The molecule has 2 aliphatic heterocycles. The monoisotopic (exact) mass is 274 g/mol. The molecule has 0 aromatic heterocycles. The average Bonchev–Trinajstić information content (AvgIpc) is 2.82. The van der Waals surface area contributed by atoms with Gasteiger partial charge in [0.15, 0.2) is 0 Å². The first-order valence-electron chi connectivity index (χ1n) is 7.39.